The number of hydrogen-bond acceptors (Lipinski definition) is 4. The van der Waals surface area contributed by atoms with Crippen LogP contribution in [0.1, 0.15) is 16.1 Å². The van der Waals surface area contributed by atoms with Crippen LogP contribution < -0.4 is 5.32 Å². The standard InChI is InChI=1S/C13H14N4O2/c1-9(19-3)12-11(8-17(2)16-12)15-13(18)10-5-4-6-14-7-10/h4-8H,1H2,2-3H3,(H,15,18). The summed E-state index contributed by atoms with van der Waals surface area (Å²) in [6.07, 6.45) is 4.80. The number of methoxy groups -OCH3 is 1. The van der Waals surface area contributed by atoms with Crippen LogP contribution in [0, 0.1) is 0 Å². The first-order chi connectivity index (χ1) is 9.11. The highest BCUT2D eigenvalue weighted by Crippen LogP contribution is 2.21. The largest absolute Gasteiger partial charge is 0.495 e. The van der Waals surface area contributed by atoms with E-state index in [1.165, 1.54) is 13.3 Å². The van der Waals surface area contributed by atoms with Gasteiger partial charge in [0.2, 0.25) is 0 Å². The fraction of sp³-hybridized carbons (Fsp3) is 0.154. The number of nitrogens with one attached hydrogen (secondary N) is 1. The molecule has 0 aromatic carbocycles. The van der Waals surface area contributed by atoms with Crippen molar-refractivity contribution in [1.82, 2.24) is 14.8 Å². The molecule has 2 rings (SSSR count). The Balaban J connectivity index is 2.24. The molecular formula is C13H14N4O2. The molecule has 1 N–H and O–H groups in total. The second-order valence-corrected chi connectivity index (χ2v) is 3.89. The molecule has 6 heteroatoms. The van der Waals surface area contributed by atoms with Crippen LogP contribution in [0.4, 0.5) is 5.69 Å². The minimum atomic E-state index is -0.258. The molecule has 2 aromatic rings. The summed E-state index contributed by atoms with van der Waals surface area (Å²) in [6, 6.07) is 3.39. The van der Waals surface area contributed by atoms with E-state index in [0.717, 1.165) is 0 Å². The van der Waals surface area contributed by atoms with Gasteiger partial charge in [0.25, 0.3) is 5.91 Å². The molecule has 0 aliphatic heterocycles. The normalized spacial score (nSPS) is 10.0. The maximum Gasteiger partial charge on any atom is 0.257 e. The number of aromatic nitrogens is 3. The minimum Gasteiger partial charge on any atom is -0.495 e. The van der Waals surface area contributed by atoms with E-state index in [9.17, 15) is 4.79 Å². The van der Waals surface area contributed by atoms with Crippen molar-refractivity contribution in [2.45, 2.75) is 0 Å². The number of rotatable bonds is 4. The maximum atomic E-state index is 12.0. The highest BCUT2D eigenvalue weighted by Gasteiger charge is 2.15. The quantitative estimate of drug-likeness (QED) is 0.847. The summed E-state index contributed by atoms with van der Waals surface area (Å²) in [7, 11) is 3.26. The molecule has 2 aromatic heterocycles. The van der Waals surface area contributed by atoms with Crippen LogP contribution in [0.15, 0.2) is 37.3 Å². The predicted molar refractivity (Wildman–Crippen MR) is 71.4 cm³/mol. The summed E-state index contributed by atoms with van der Waals surface area (Å²) in [5, 5.41) is 6.95. The van der Waals surface area contributed by atoms with Crippen LogP contribution in [0.3, 0.4) is 0 Å². The lowest BCUT2D eigenvalue weighted by Crippen LogP contribution is -2.12. The lowest BCUT2D eigenvalue weighted by molar-refractivity contribution is 0.102. The Kier molecular flexibility index (Phi) is 3.61. The average Bonchev–Trinajstić information content (AvgIpc) is 2.79. The smallest absolute Gasteiger partial charge is 0.257 e. The van der Waals surface area contributed by atoms with E-state index in [4.69, 9.17) is 4.74 Å². The summed E-state index contributed by atoms with van der Waals surface area (Å²) in [5.41, 5.74) is 1.52. The highest BCUT2D eigenvalue weighted by atomic mass is 16.5. The van der Waals surface area contributed by atoms with E-state index in [1.807, 2.05) is 0 Å². The second-order valence-electron chi connectivity index (χ2n) is 3.89. The molecular weight excluding hydrogens is 244 g/mol. The Morgan fingerprint density at radius 3 is 2.95 bits per heavy atom. The van der Waals surface area contributed by atoms with Gasteiger partial charge >= 0.3 is 0 Å². The van der Waals surface area contributed by atoms with Gasteiger partial charge in [0.1, 0.15) is 11.5 Å². The van der Waals surface area contributed by atoms with Crippen molar-refractivity contribution in [1.29, 1.82) is 0 Å². The zero-order valence-electron chi connectivity index (χ0n) is 10.8. The second kappa shape index (κ2) is 5.34. The monoisotopic (exact) mass is 258 g/mol. The number of hydrogen-bond donors (Lipinski definition) is 1. The molecule has 6 nitrogen and oxygen atoms in total. The topological polar surface area (TPSA) is 69.0 Å². The van der Waals surface area contributed by atoms with Gasteiger partial charge < -0.3 is 10.1 Å². The van der Waals surface area contributed by atoms with Crippen molar-refractivity contribution in [3.05, 3.63) is 48.6 Å². The van der Waals surface area contributed by atoms with Gasteiger partial charge in [-0.1, -0.05) is 6.58 Å². The molecule has 0 bridgehead atoms. The van der Waals surface area contributed by atoms with Crippen molar-refractivity contribution in [3.8, 4) is 0 Å². The molecule has 0 unspecified atom stereocenters. The Bertz CT molecular complexity index is 604. The molecule has 0 aliphatic carbocycles. The maximum absolute atomic E-state index is 12.0. The van der Waals surface area contributed by atoms with Gasteiger partial charge in [-0.2, -0.15) is 5.10 Å². The van der Waals surface area contributed by atoms with Crippen LogP contribution in [0.2, 0.25) is 0 Å². The summed E-state index contributed by atoms with van der Waals surface area (Å²) in [5.74, 6) is 0.133. The molecule has 0 saturated heterocycles. The van der Waals surface area contributed by atoms with Gasteiger partial charge in [-0.25, -0.2) is 0 Å². The molecule has 0 fully saturated rings. The number of carbonyl (C=O) groups excluding carboxylic acids is 1. The van der Waals surface area contributed by atoms with Crippen molar-refractivity contribution in [2.24, 2.45) is 7.05 Å². The molecule has 0 radical (unpaired) electrons. The van der Waals surface area contributed by atoms with Gasteiger partial charge in [0.05, 0.1) is 18.4 Å². The molecule has 0 spiro atoms. The lowest BCUT2D eigenvalue weighted by Gasteiger charge is -2.06. The molecule has 1 amide bonds. The lowest BCUT2D eigenvalue weighted by atomic mass is 10.2. The Labute approximate surface area is 110 Å². The third kappa shape index (κ3) is 2.79. The number of pyridine rings is 1. The van der Waals surface area contributed by atoms with E-state index in [0.29, 0.717) is 22.7 Å². The van der Waals surface area contributed by atoms with Gasteiger partial charge in [0, 0.05) is 25.6 Å². The fourth-order valence-electron chi connectivity index (χ4n) is 1.57. The molecule has 98 valence electrons. The molecule has 0 aliphatic rings. The number of carbonyl (C=O) groups is 1. The first-order valence-electron chi connectivity index (χ1n) is 5.60. The SMILES string of the molecule is C=C(OC)c1nn(C)cc1NC(=O)c1cccnc1. The van der Waals surface area contributed by atoms with E-state index in [1.54, 1.807) is 36.3 Å². The average molecular weight is 258 g/mol. The molecule has 0 saturated carbocycles. The summed E-state index contributed by atoms with van der Waals surface area (Å²) < 4.78 is 6.63. The third-order valence-electron chi connectivity index (χ3n) is 2.51. The fourth-order valence-corrected chi connectivity index (χ4v) is 1.57. The van der Waals surface area contributed by atoms with Gasteiger partial charge in [-0.05, 0) is 12.1 Å². The van der Waals surface area contributed by atoms with Crippen LogP contribution >= 0.6 is 0 Å². The van der Waals surface area contributed by atoms with Gasteiger partial charge in [0.15, 0.2) is 0 Å². The van der Waals surface area contributed by atoms with E-state index in [2.05, 4.69) is 22.0 Å². The summed E-state index contributed by atoms with van der Waals surface area (Å²) >= 11 is 0. The number of anilines is 1. The van der Waals surface area contributed by atoms with E-state index < -0.39 is 0 Å². The Hall–Kier alpha value is -2.63. The first-order valence-corrected chi connectivity index (χ1v) is 5.60. The molecule has 19 heavy (non-hydrogen) atoms. The van der Waals surface area contributed by atoms with E-state index >= 15 is 0 Å². The number of nitrogens with zero attached hydrogens (tertiary/aromatic N) is 3. The predicted octanol–water partition coefficient (Wildman–Crippen LogP) is 1.68. The summed E-state index contributed by atoms with van der Waals surface area (Å²) in [4.78, 5) is 15.9. The zero-order valence-corrected chi connectivity index (χ0v) is 10.8. The summed E-state index contributed by atoms with van der Waals surface area (Å²) in [6.45, 7) is 3.74. The number of amides is 1. The van der Waals surface area contributed by atoms with Crippen molar-refractivity contribution < 1.29 is 9.53 Å². The van der Waals surface area contributed by atoms with Crippen LogP contribution in [-0.2, 0) is 11.8 Å². The van der Waals surface area contributed by atoms with Crippen molar-refractivity contribution in [2.75, 3.05) is 12.4 Å². The Morgan fingerprint density at radius 1 is 1.53 bits per heavy atom. The zero-order chi connectivity index (χ0) is 13.8. The number of aryl methyl sites for hydroxylation is 1. The third-order valence-corrected chi connectivity index (χ3v) is 2.51. The van der Waals surface area contributed by atoms with Crippen LogP contribution in [0.25, 0.3) is 5.76 Å². The Morgan fingerprint density at radius 2 is 2.32 bits per heavy atom. The minimum absolute atomic E-state index is 0.258. The van der Waals surface area contributed by atoms with Crippen LogP contribution in [-0.4, -0.2) is 27.8 Å². The van der Waals surface area contributed by atoms with Gasteiger partial charge in [-0.3, -0.25) is 14.5 Å². The number of ether oxygens (including phenoxy) is 1. The van der Waals surface area contributed by atoms with Gasteiger partial charge in [-0.15, -0.1) is 0 Å². The van der Waals surface area contributed by atoms with E-state index in [-0.39, 0.29) is 5.91 Å². The van der Waals surface area contributed by atoms with Crippen molar-refractivity contribution in [3.63, 3.8) is 0 Å². The highest BCUT2D eigenvalue weighted by molar-refractivity contribution is 6.04. The van der Waals surface area contributed by atoms with Crippen LogP contribution in [0.5, 0.6) is 0 Å². The molecule has 2 heterocycles. The molecule has 0 atom stereocenters. The first kappa shape index (κ1) is 12.8. The van der Waals surface area contributed by atoms with Crippen molar-refractivity contribution >= 4 is 17.4 Å².